The van der Waals surface area contributed by atoms with Gasteiger partial charge in [-0.3, -0.25) is 9.78 Å². The number of carbonyl (C=O) groups is 1. The fourth-order valence-corrected chi connectivity index (χ4v) is 5.15. The number of carbonyl (C=O) groups excluding carboxylic acids is 1. The van der Waals surface area contributed by atoms with Gasteiger partial charge in [0.15, 0.2) is 5.11 Å². The van der Waals surface area contributed by atoms with Crippen LogP contribution in [0.2, 0.25) is 0 Å². The fraction of sp³-hybridized carbons (Fsp3) is 0.207. The lowest BCUT2D eigenvalue weighted by Gasteiger charge is -2.29. The molecule has 2 atom stereocenters. The van der Waals surface area contributed by atoms with Crippen LogP contribution in [-0.4, -0.2) is 48.5 Å². The van der Waals surface area contributed by atoms with E-state index in [2.05, 4.69) is 31.2 Å². The number of anilines is 2. The maximum Gasteiger partial charge on any atom is 0.250 e. The molecular weight excluding hydrogens is 514 g/mol. The summed E-state index contributed by atoms with van der Waals surface area (Å²) in [5.41, 5.74) is 4.15. The number of nitrogens with zero attached hydrogens (tertiary/aromatic N) is 3. The molecule has 0 radical (unpaired) electrons. The molecule has 39 heavy (non-hydrogen) atoms. The van der Waals surface area contributed by atoms with E-state index in [9.17, 15) is 4.79 Å². The second-order valence-corrected chi connectivity index (χ2v) is 9.25. The van der Waals surface area contributed by atoms with E-state index in [4.69, 9.17) is 26.4 Å². The fourth-order valence-electron chi connectivity index (χ4n) is 4.81. The number of nitrogens with one attached hydrogen (secondary N) is 2. The normalized spacial score (nSPS) is 16.6. The van der Waals surface area contributed by atoms with E-state index in [1.165, 1.54) is 7.11 Å². The van der Waals surface area contributed by atoms with Crippen LogP contribution in [0.5, 0.6) is 11.5 Å². The quantitative estimate of drug-likeness (QED) is 0.295. The van der Waals surface area contributed by atoms with Gasteiger partial charge in [0.25, 0.3) is 0 Å². The molecule has 0 saturated carbocycles. The first-order valence-corrected chi connectivity index (χ1v) is 12.7. The Morgan fingerprint density at radius 2 is 1.79 bits per heavy atom. The van der Waals surface area contributed by atoms with Crippen LogP contribution in [-0.2, 0) is 9.53 Å². The minimum Gasteiger partial charge on any atom is -0.497 e. The van der Waals surface area contributed by atoms with Gasteiger partial charge in [-0.1, -0.05) is 6.07 Å². The number of methoxy groups -OCH3 is 3. The summed E-state index contributed by atoms with van der Waals surface area (Å²) in [6.45, 7) is -0.0726. The SMILES string of the molecule is COCC(=O)Nc1cc(N2C(=S)N[C@@H](c3ccccn3)[C@H]2c2cccn2-c2ccc(OC)cc2)ccc1OC. The van der Waals surface area contributed by atoms with Crippen molar-refractivity contribution in [1.82, 2.24) is 14.9 Å². The van der Waals surface area contributed by atoms with Crippen molar-refractivity contribution in [2.24, 2.45) is 0 Å². The third kappa shape index (κ3) is 5.29. The zero-order valence-corrected chi connectivity index (χ0v) is 22.6. The number of thiocarbonyl (C=S) groups is 1. The van der Waals surface area contributed by atoms with E-state index >= 15 is 0 Å². The van der Waals surface area contributed by atoms with Gasteiger partial charge in [0, 0.05) is 36.6 Å². The van der Waals surface area contributed by atoms with Crippen LogP contribution in [0.15, 0.2) is 85.2 Å². The topological polar surface area (TPSA) is 89.9 Å². The van der Waals surface area contributed by atoms with Crippen LogP contribution < -0.4 is 25.0 Å². The van der Waals surface area contributed by atoms with Gasteiger partial charge >= 0.3 is 0 Å². The molecule has 1 fully saturated rings. The Morgan fingerprint density at radius 1 is 1.00 bits per heavy atom. The molecule has 4 aromatic rings. The molecule has 1 saturated heterocycles. The molecule has 3 heterocycles. The molecular formula is C29H29N5O4S. The Kier molecular flexibility index (Phi) is 7.76. The van der Waals surface area contributed by atoms with Gasteiger partial charge in [0.05, 0.1) is 31.6 Å². The number of pyridine rings is 1. The number of benzene rings is 2. The van der Waals surface area contributed by atoms with Crippen molar-refractivity contribution in [1.29, 1.82) is 0 Å². The highest BCUT2D eigenvalue weighted by Gasteiger charge is 2.42. The number of ether oxygens (including phenoxy) is 3. The Hall–Kier alpha value is -4.41. The minimum atomic E-state index is -0.286. The first kappa shape index (κ1) is 26.2. The molecule has 0 spiro atoms. The highest BCUT2D eigenvalue weighted by molar-refractivity contribution is 7.80. The molecule has 5 rings (SSSR count). The van der Waals surface area contributed by atoms with Crippen LogP contribution in [0.3, 0.4) is 0 Å². The molecule has 10 heteroatoms. The molecule has 1 amide bonds. The Bertz CT molecular complexity index is 1460. The van der Waals surface area contributed by atoms with Gasteiger partial charge in [0.2, 0.25) is 5.91 Å². The van der Waals surface area contributed by atoms with Crippen LogP contribution in [0.25, 0.3) is 5.69 Å². The number of aromatic nitrogens is 2. The predicted molar refractivity (Wildman–Crippen MR) is 154 cm³/mol. The van der Waals surface area contributed by atoms with E-state index in [0.29, 0.717) is 16.5 Å². The smallest absolute Gasteiger partial charge is 0.250 e. The second-order valence-electron chi connectivity index (χ2n) is 8.86. The van der Waals surface area contributed by atoms with Gasteiger partial charge in [-0.05, 0) is 78.9 Å². The highest BCUT2D eigenvalue weighted by atomic mass is 32.1. The lowest BCUT2D eigenvalue weighted by molar-refractivity contribution is -0.119. The number of amides is 1. The largest absolute Gasteiger partial charge is 0.497 e. The van der Waals surface area contributed by atoms with Crippen LogP contribution in [0, 0.1) is 0 Å². The van der Waals surface area contributed by atoms with Crippen molar-refractivity contribution in [2.45, 2.75) is 12.1 Å². The third-order valence-corrected chi connectivity index (χ3v) is 6.86. The van der Waals surface area contributed by atoms with Gasteiger partial charge in [-0.2, -0.15) is 0 Å². The molecule has 2 N–H and O–H groups in total. The lowest BCUT2D eigenvalue weighted by Crippen LogP contribution is -2.30. The van der Waals surface area contributed by atoms with E-state index in [-0.39, 0.29) is 24.6 Å². The van der Waals surface area contributed by atoms with Crippen molar-refractivity contribution < 1.29 is 19.0 Å². The number of hydrogen-bond acceptors (Lipinski definition) is 6. The number of rotatable bonds is 9. The van der Waals surface area contributed by atoms with Gasteiger partial charge < -0.3 is 34.3 Å². The maximum absolute atomic E-state index is 12.3. The van der Waals surface area contributed by atoms with Gasteiger partial charge in [-0.15, -0.1) is 0 Å². The van der Waals surface area contributed by atoms with E-state index in [0.717, 1.165) is 28.5 Å². The Morgan fingerprint density at radius 3 is 2.49 bits per heavy atom. The lowest BCUT2D eigenvalue weighted by atomic mass is 10.0. The summed E-state index contributed by atoms with van der Waals surface area (Å²) < 4.78 is 18.0. The molecule has 0 unspecified atom stereocenters. The monoisotopic (exact) mass is 543 g/mol. The average molecular weight is 544 g/mol. The van der Waals surface area contributed by atoms with Crippen molar-refractivity contribution >= 4 is 34.6 Å². The van der Waals surface area contributed by atoms with E-state index in [1.54, 1.807) is 20.4 Å². The molecule has 0 bridgehead atoms. The maximum atomic E-state index is 12.3. The van der Waals surface area contributed by atoms with Crippen molar-refractivity contribution in [3.05, 3.63) is 96.6 Å². The van der Waals surface area contributed by atoms with Gasteiger partial charge in [-0.25, -0.2) is 0 Å². The average Bonchev–Trinajstić information content (AvgIpc) is 3.58. The highest BCUT2D eigenvalue weighted by Crippen LogP contribution is 2.43. The first-order valence-electron chi connectivity index (χ1n) is 12.3. The first-order chi connectivity index (χ1) is 19.0. The summed E-state index contributed by atoms with van der Waals surface area (Å²) in [5, 5.41) is 6.90. The molecule has 9 nitrogen and oxygen atoms in total. The van der Waals surface area contributed by atoms with Crippen LogP contribution >= 0.6 is 12.2 Å². The minimum absolute atomic E-state index is 0.0726. The van der Waals surface area contributed by atoms with E-state index < -0.39 is 0 Å². The Labute approximate surface area is 232 Å². The zero-order valence-electron chi connectivity index (χ0n) is 21.8. The zero-order chi connectivity index (χ0) is 27.4. The third-order valence-electron chi connectivity index (χ3n) is 6.54. The summed E-state index contributed by atoms with van der Waals surface area (Å²) in [5.74, 6) is 1.03. The van der Waals surface area contributed by atoms with Crippen LogP contribution in [0.1, 0.15) is 23.5 Å². The summed E-state index contributed by atoms with van der Waals surface area (Å²) in [6.07, 6.45) is 3.80. The molecule has 1 aliphatic heterocycles. The summed E-state index contributed by atoms with van der Waals surface area (Å²) in [7, 11) is 4.68. The molecule has 1 aliphatic rings. The van der Waals surface area contributed by atoms with Gasteiger partial charge in [0.1, 0.15) is 24.1 Å². The Balaban J connectivity index is 1.61. The van der Waals surface area contributed by atoms with E-state index in [1.807, 2.05) is 72.9 Å². The van der Waals surface area contributed by atoms with Crippen molar-refractivity contribution in [2.75, 3.05) is 38.2 Å². The predicted octanol–water partition coefficient (Wildman–Crippen LogP) is 4.65. The molecule has 0 aliphatic carbocycles. The standard InChI is InChI=1S/C29H29N5O4S/c1-36-18-26(35)31-23-17-20(11-14-25(23)38-3)34-28(27(32-29(34)39)22-7-4-5-15-30-22)24-8-6-16-33(24)19-9-12-21(37-2)13-10-19/h4-17,27-28H,18H2,1-3H3,(H,31,35)(H,32,39)/t27-,28+/m0/s1. The summed E-state index contributed by atoms with van der Waals surface area (Å²) in [6, 6.07) is 22.9. The van der Waals surface area contributed by atoms with Crippen molar-refractivity contribution in [3.8, 4) is 17.2 Å². The molecule has 2 aromatic carbocycles. The molecule has 200 valence electrons. The van der Waals surface area contributed by atoms with Crippen molar-refractivity contribution in [3.63, 3.8) is 0 Å². The summed E-state index contributed by atoms with van der Waals surface area (Å²) in [4.78, 5) is 19.0. The second kappa shape index (κ2) is 11.5. The summed E-state index contributed by atoms with van der Waals surface area (Å²) >= 11 is 5.90. The number of hydrogen-bond donors (Lipinski definition) is 2. The molecule has 2 aromatic heterocycles. The van der Waals surface area contributed by atoms with Crippen LogP contribution in [0.4, 0.5) is 11.4 Å².